The summed E-state index contributed by atoms with van der Waals surface area (Å²) in [4.78, 5) is 35.7. The van der Waals surface area contributed by atoms with Crippen molar-refractivity contribution in [1.82, 2.24) is 0 Å². The number of hydrogen-bond acceptors (Lipinski definition) is 6. The average molecular weight is 361 g/mol. The summed E-state index contributed by atoms with van der Waals surface area (Å²) in [5, 5.41) is 4.47. The van der Waals surface area contributed by atoms with Crippen LogP contribution in [0.5, 0.6) is 0 Å². The van der Waals surface area contributed by atoms with Gasteiger partial charge in [-0.05, 0) is 37.3 Å². The molecule has 2 rings (SSSR count). The van der Waals surface area contributed by atoms with E-state index < -0.39 is 11.9 Å². The quantitative estimate of drug-likeness (QED) is 0.715. The minimum atomic E-state index is -0.621. The monoisotopic (exact) mass is 361 g/mol. The molecule has 3 N–H and O–H groups in total. The molecule has 0 fully saturated rings. The van der Waals surface area contributed by atoms with Crippen molar-refractivity contribution in [3.63, 3.8) is 0 Å². The molecule has 0 aliphatic rings. The fourth-order valence-corrected chi connectivity index (χ4v) is 2.33. The number of amides is 1. The molecule has 0 unspecified atom stereocenters. The number of nitrogens with one attached hydrogen (secondary N) is 1. The van der Waals surface area contributed by atoms with Crippen molar-refractivity contribution < 1.29 is 33.6 Å². The van der Waals surface area contributed by atoms with E-state index in [2.05, 4.69) is 14.8 Å². The second-order valence-corrected chi connectivity index (χ2v) is 5.57. The first-order valence-electron chi connectivity index (χ1n) is 7.93. The number of quaternary nitrogens is 1. The Kier molecular flexibility index (Phi) is 6.51. The smallest absolute Gasteiger partial charge is 0.337 e. The maximum absolute atomic E-state index is 12.2. The zero-order valence-corrected chi connectivity index (χ0v) is 14.8. The summed E-state index contributed by atoms with van der Waals surface area (Å²) < 4.78 is 14.6. The molecule has 0 aliphatic carbocycles. The molecule has 0 saturated heterocycles. The highest BCUT2D eigenvalue weighted by Crippen LogP contribution is 2.17. The van der Waals surface area contributed by atoms with Crippen LogP contribution < -0.4 is 10.6 Å². The van der Waals surface area contributed by atoms with Crippen LogP contribution in [0.4, 0.5) is 5.69 Å². The number of esters is 2. The largest absolute Gasteiger partial charge is 0.465 e. The van der Waals surface area contributed by atoms with Crippen molar-refractivity contribution in [1.29, 1.82) is 0 Å². The summed E-state index contributed by atoms with van der Waals surface area (Å²) in [6.07, 6.45) is 1.58. The summed E-state index contributed by atoms with van der Waals surface area (Å²) in [7, 11) is 2.47. The van der Waals surface area contributed by atoms with Gasteiger partial charge in [0, 0.05) is 5.69 Å². The van der Waals surface area contributed by atoms with E-state index in [0.29, 0.717) is 5.69 Å². The first-order chi connectivity index (χ1) is 12.4. The molecule has 0 aliphatic heterocycles. The number of hydrogen-bond donors (Lipinski definition) is 2. The molecular weight excluding hydrogens is 340 g/mol. The van der Waals surface area contributed by atoms with Crippen molar-refractivity contribution in [2.45, 2.75) is 13.0 Å². The van der Waals surface area contributed by atoms with E-state index in [4.69, 9.17) is 4.42 Å². The van der Waals surface area contributed by atoms with E-state index in [0.717, 1.165) is 5.76 Å². The van der Waals surface area contributed by atoms with Crippen LogP contribution in [0.15, 0.2) is 41.0 Å². The Balaban J connectivity index is 2.08. The molecule has 1 atom stereocenters. The van der Waals surface area contributed by atoms with Crippen molar-refractivity contribution >= 4 is 23.5 Å². The molecule has 0 radical (unpaired) electrons. The molecule has 1 heterocycles. The Labute approximate surface area is 150 Å². The molecule has 8 heteroatoms. The lowest BCUT2D eigenvalue weighted by molar-refractivity contribution is -0.684. The number of carbonyl (C=O) groups is 3. The number of rotatable bonds is 7. The number of nitrogens with two attached hydrogens (primary N) is 1. The Hall–Kier alpha value is -3.13. The molecule has 0 saturated carbocycles. The molecule has 138 valence electrons. The van der Waals surface area contributed by atoms with E-state index in [1.165, 1.54) is 32.4 Å². The molecule has 0 spiro atoms. The first kappa shape index (κ1) is 19.2. The van der Waals surface area contributed by atoms with Crippen LogP contribution in [0.25, 0.3) is 0 Å². The van der Waals surface area contributed by atoms with Gasteiger partial charge in [0.1, 0.15) is 6.04 Å². The maximum atomic E-state index is 12.2. The van der Waals surface area contributed by atoms with Gasteiger partial charge in [0.25, 0.3) is 5.91 Å². The number of ether oxygens (including phenoxy) is 2. The Morgan fingerprint density at radius 1 is 1.12 bits per heavy atom. The fraction of sp³-hybridized carbons (Fsp3) is 0.278. The van der Waals surface area contributed by atoms with E-state index in [1.54, 1.807) is 17.6 Å². The predicted octanol–water partition coefficient (Wildman–Crippen LogP) is 1.12. The van der Waals surface area contributed by atoms with E-state index in [9.17, 15) is 14.4 Å². The Morgan fingerprint density at radius 2 is 1.73 bits per heavy atom. The molecular formula is C18H21N2O6+. The second-order valence-electron chi connectivity index (χ2n) is 5.57. The van der Waals surface area contributed by atoms with E-state index in [-0.39, 0.29) is 29.6 Å². The van der Waals surface area contributed by atoms with Gasteiger partial charge in [-0.1, -0.05) is 0 Å². The normalized spacial score (nSPS) is 11.5. The van der Waals surface area contributed by atoms with Crippen molar-refractivity contribution in [3.05, 3.63) is 53.5 Å². The third kappa shape index (κ3) is 4.93. The summed E-state index contributed by atoms with van der Waals surface area (Å²) >= 11 is 0. The average Bonchev–Trinajstić information content (AvgIpc) is 3.19. The Bertz CT molecular complexity index is 751. The van der Waals surface area contributed by atoms with Crippen molar-refractivity contribution in [3.8, 4) is 0 Å². The summed E-state index contributed by atoms with van der Waals surface area (Å²) in [5.74, 6) is -0.770. The van der Waals surface area contributed by atoms with Crippen molar-refractivity contribution in [2.75, 3.05) is 26.1 Å². The number of benzene rings is 1. The lowest BCUT2D eigenvalue weighted by Gasteiger charge is -2.11. The number of anilines is 1. The third-order valence-corrected chi connectivity index (χ3v) is 3.71. The standard InChI is InChI=1S/C18H20N2O6/c1-11(15-5-4-6-26-15)19-10-16(21)20-14-8-12(17(22)24-2)7-13(9-14)18(23)25-3/h4-9,11,19H,10H2,1-3H3,(H,20,21)/p+1/t11-/m0/s1. The summed E-state index contributed by atoms with van der Waals surface area (Å²) in [6.45, 7) is 2.05. The van der Waals surface area contributed by atoms with Crippen LogP contribution in [0.3, 0.4) is 0 Å². The van der Waals surface area contributed by atoms with Crippen LogP contribution in [-0.2, 0) is 14.3 Å². The lowest BCUT2D eigenvalue weighted by Crippen LogP contribution is -2.86. The van der Waals surface area contributed by atoms with Crippen LogP contribution in [0.2, 0.25) is 0 Å². The number of carbonyl (C=O) groups excluding carboxylic acids is 3. The summed E-state index contributed by atoms with van der Waals surface area (Å²) in [6, 6.07) is 7.81. The minimum Gasteiger partial charge on any atom is -0.465 e. The SMILES string of the molecule is COC(=O)c1cc(NC(=O)C[NH2+][C@@H](C)c2ccco2)cc(C(=O)OC)c1. The van der Waals surface area contributed by atoms with Crippen molar-refractivity contribution in [2.24, 2.45) is 0 Å². The minimum absolute atomic E-state index is 0.0252. The molecule has 1 amide bonds. The third-order valence-electron chi connectivity index (χ3n) is 3.71. The van der Waals surface area contributed by atoms with Gasteiger partial charge >= 0.3 is 11.9 Å². The van der Waals surface area contributed by atoms with E-state index in [1.807, 2.05) is 13.0 Å². The van der Waals surface area contributed by atoms with Crippen LogP contribution in [0, 0.1) is 0 Å². The molecule has 8 nitrogen and oxygen atoms in total. The van der Waals surface area contributed by atoms with Gasteiger partial charge in [-0.3, -0.25) is 4.79 Å². The highest BCUT2D eigenvalue weighted by Gasteiger charge is 2.17. The van der Waals surface area contributed by atoms with Gasteiger partial charge < -0.3 is 24.5 Å². The lowest BCUT2D eigenvalue weighted by atomic mass is 10.1. The first-order valence-corrected chi connectivity index (χ1v) is 7.93. The molecule has 1 aromatic carbocycles. The zero-order valence-electron chi connectivity index (χ0n) is 14.8. The van der Waals surface area contributed by atoms with Gasteiger partial charge in [-0.2, -0.15) is 0 Å². The van der Waals surface area contributed by atoms with Gasteiger partial charge in [0.15, 0.2) is 12.3 Å². The zero-order chi connectivity index (χ0) is 19.1. The topological polar surface area (TPSA) is 111 Å². The number of furan rings is 1. The van der Waals surface area contributed by atoms with Gasteiger partial charge in [-0.25, -0.2) is 9.59 Å². The number of methoxy groups -OCH3 is 2. The van der Waals surface area contributed by atoms with Gasteiger partial charge in [0.05, 0.1) is 31.6 Å². The molecule has 0 bridgehead atoms. The Morgan fingerprint density at radius 3 is 2.23 bits per heavy atom. The van der Waals surface area contributed by atoms with Crippen LogP contribution in [-0.4, -0.2) is 38.6 Å². The molecule has 26 heavy (non-hydrogen) atoms. The maximum Gasteiger partial charge on any atom is 0.337 e. The fourth-order valence-electron chi connectivity index (χ4n) is 2.33. The van der Waals surface area contributed by atoms with Crippen LogP contribution in [0.1, 0.15) is 39.4 Å². The highest BCUT2D eigenvalue weighted by atomic mass is 16.5. The second kappa shape index (κ2) is 8.82. The van der Waals surface area contributed by atoms with Gasteiger partial charge in [0.2, 0.25) is 0 Å². The highest BCUT2D eigenvalue weighted by molar-refractivity contribution is 5.99. The van der Waals surface area contributed by atoms with Crippen LogP contribution >= 0.6 is 0 Å². The molecule has 2 aromatic rings. The molecule has 1 aromatic heterocycles. The summed E-state index contributed by atoms with van der Waals surface area (Å²) in [5.41, 5.74) is 0.578. The van der Waals surface area contributed by atoms with Gasteiger partial charge in [-0.15, -0.1) is 0 Å². The van der Waals surface area contributed by atoms with E-state index >= 15 is 0 Å². The predicted molar refractivity (Wildman–Crippen MR) is 91.7 cm³/mol.